The lowest BCUT2D eigenvalue weighted by atomic mass is 10.2. The van der Waals surface area contributed by atoms with Crippen molar-refractivity contribution in [2.45, 2.75) is 19.3 Å². The van der Waals surface area contributed by atoms with Crippen LogP contribution in [0.1, 0.15) is 19.3 Å². The second-order valence-electron chi connectivity index (χ2n) is 3.56. The van der Waals surface area contributed by atoms with Gasteiger partial charge in [0.1, 0.15) is 0 Å². The summed E-state index contributed by atoms with van der Waals surface area (Å²) in [7, 11) is 1.72. The van der Waals surface area contributed by atoms with Crippen molar-refractivity contribution < 1.29 is 9.47 Å². The molecule has 1 saturated carbocycles. The molecular formula is C9H18O2S. The zero-order chi connectivity index (χ0) is 8.86. The number of methoxy groups -OCH3 is 1. The summed E-state index contributed by atoms with van der Waals surface area (Å²) in [5, 5.41) is 0. The van der Waals surface area contributed by atoms with Crippen LogP contribution in [0.15, 0.2) is 0 Å². The normalized spacial score (nSPS) is 19.5. The molecule has 12 heavy (non-hydrogen) atoms. The van der Waals surface area contributed by atoms with Gasteiger partial charge in [-0.1, -0.05) is 0 Å². The lowest BCUT2D eigenvalue weighted by Gasteiger charge is -2.11. The molecule has 0 N–H and O–H groups in total. The molecule has 0 amide bonds. The van der Waals surface area contributed by atoms with Crippen molar-refractivity contribution in [1.29, 1.82) is 0 Å². The number of hydrogen-bond donors (Lipinski definition) is 1. The number of rotatable bonds is 7. The standard InChI is InChI=1S/C9H18O2S/c1-10-5-2-6-11-7-9(8-12)3-4-9/h12H,2-8H2,1H3. The van der Waals surface area contributed by atoms with Crippen molar-refractivity contribution in [3.8, 4) is 0 Å². The molecule has 0 heterocycles. The molecule has 0 aliphatic heterocycles. The maximum Gasteiger partial charge on any atom is 0.0530 e. The van der Waals surface area contributed by atoms with Crippen LogP contribution < -0.4 is 0 Å². The fraction of sp³-hybridized carbons (Fsp3) is 1.00. The maximum absolute atomic E-state index is 5.52. The van der Waals surface area contributed by atoms with Crippen molar-refractivity contribution in [2.75, 3.05) is 32.7 Å². The molecule has 0 aromatic rings. The van der Waals surface area contributed by atoms with Crippen LogP contribution in [0, 0.1) is 5.41 Å². The van der Waals surface area contributed by atoms with Crippen molar-refractivity contribution >= 4 is 12.6 Å². The van der Waals surface area contributed by atoms with E-state index in [2.05, 4.69) is 12.6 Å². The molecule has 1 fully saturated rings. The quantitative estimate of drug-likeness (QED) is 0.487. The Hall–Kier alpha value is 0.270. The number of ether oxygens (including phenoxy) is 2. The van der Waals surface area contributed by atoms with Crippen LogP contribution in [0.5, 0.6) is 0 Å². The van der Waals surface area contributed by atoms with E-state index in [0.29, 0.717) is 5.41 Å². The summed E-state index contributed by atoms with van der Waals surface area (Å²) in [4.78, 5) is 0. The Labute approximate surface area is 80.0 Å². The van der Waals surface area contributed by atoms with Crippen molar-refractivity contribution in [1.82, 2.24) is 0 Å². The van der Waals surface area contributed by atoms with E-state index in [0.717, 1.165) is 32.0 Å². The highest BCUT2D eigenvalue weighted by atomic mass is 32.1. The third kappa shape index (κ3) is 3.33. The predicted molar refractivity (Wildman–Crippen MR) is 52.8 cm³/mol. The first-order valence-electron chi connectivity index (χ1n) is 4.50. The van der Waals surface area contributed by atoms with Crippen molar-refractivity contribution in [3.63, 3.8) is 0 Å². The molecule has 2 nitrogen and oxygen atoms in total. The van der Waals surface area contributed by atoms with Gasteiger partial charge in [-0.05, 0) is 25.0 Å². The first kappa shape index (κ1) is 10.4. The van der Waals surface area contributed by atoms with E-state index in [9.17, 15) is 0 Å². The van der Waals surface area contributed by atoms with Crippen LogP contribution in [0.25, 0.3) is 0 Å². The minimum absolute atomic E-state index is 0.441. The van der Waals surface area contributed by atoms with Crippen LogP contribution in [0.3, 0.4) is 0 Å². The minimum atomic E-state index is 0.441. The Morgan fingerprint density at radius 2 is 2.08 bits per heavy atom. The third-order valence-corrected chi connectivity index (χ3v) is 3.01. The molecule has 0 atom stereocenters. The molecule has 0 spiro atoms. The summed E-state index contributed by atoms with van der Waals surface area (Å²) >= 11 is 4.30. The van der Waals surface area contributed by atoms with Gasteiger partial charge in [0.05, 0.1) is 6.61 Å². The molecule has 0 unspecified atom stereocenters. The largest absolute Gasteiger partial charge is 0.385 e. The second-order valence-corrected chi connectivity index (χ2v) is 3.87. The molecule has 1 aliphatic carbocycles. The summed E-state index contributed by atoms with van der Waals surface area (Å²) in [6.45, 7) is 2.51. The zero-order valence-corrected chi connectivity index (χ0v) is 8.61. The monoisotopic (exact) mass is 190 g/mol. The van der Waals surface area contributed by atoms with Gasteiger partial charge in [0.15, 0.2) is 0 Å². The molecule has 72 valence electrons. The molecule has 0 aromatic heterocycles. The van der Waals surface area contributed by atoms with E-state index in [4.69, 9.17) is 9.47 Å². The van der Waals surface area contributed by atoms with Gasteiger partial charge in [0.25, 0.3) is 0 Å². The summed E-state index contributed by atoms with van der Waals surface area (Å²) in [6, 6.07) is 0. The summed E-state index contributed by atoms with van der Waals surface area (Å²) < 4.78 is 10.4. The van der Waals surface area contributed by atoms with Crippen LogP contribution in [0.4, 0.5) is 0 Å². The lowest BCUT2D eigenvalue weighted by molar-refractivity contribution is 0.0775. The van der Waals surface area contributed by atoms with E-state index in [1.54, 1.807) is 7.11 Å². The van der Waals surface area contributed by atoms with Gasteiger partial charge in [-0.3, -0.25) is 0 Å². The average molecular weight is 190 g/mol. The highest BCUT2D eigenvalue weighted by Gasteiger charge is 2.41. The second kappa shape index (κ2) is 5.10. The summed E-state index contributed by atoms with van der Waals surface area (Å²) in [6.07, 6.45) is 3.58. The molecule has 0 saturated heterocycles. The van der Waals surface area contributed by atoms with Gasteiger partial charge < -0.3 is 9.47 Å². The molecule has 0 aromatic carbocycles. The van der Waals surface area contributed by atoms with Gasteiger partial charge >= 0.3 is 0 Å². The predicted octanol–water partition coefficient (Wildman–Crippen LogP) is 1.75. The fourth-order valence-electron chi connectivity index (χ4n) is 1.12. The highest BCUT2D eigenvalue weighted by Crippen LogP contribution is 2.46. The lowest BCUT2D eigenvalue weighted by Crippen LogP contribution is -2.13. The topological polar surface area (TPSA) is 18.5 Å². The molecule has 0 radical (unpaired) electrons. The smallest absolute Gasteiger partial charge is 0.0530 e. The zero-order valence-electron chi connectivity index (χ0n) is 7.71. The SMILES string of the molecule is COCCCOCC1(CS)CC1. The van der Waals surface area contributed by atoms with E-state index in [1.165, 1.54) is 12.8 Å². The first-order chi connectivity index (χ1) is 5.83. The maximum atomic E-state index is 5.52. The highest BCUT2D eigenvalue weighted by molar-refractivity contribution is 7.80. The number of thiol groups is 1. The minimum Gasteiger partial charge on any atom is -0.385 e. The molecule has 3 heteroatoms. The Morgan fingerprint density at radius 1 is 1.33 bits per heavy atom. The van der Waals surface area contributed by atoms with Gasteiger partial charge in [-0.25, -0.2) is 0 Å². The molecule has 1 aliphatic rings. The Morgan fingerprint density at radius 3 is 2.58 bits per heavy atom. The van der Waals surface area contributed by atoms with Crippen LogP contribution in [0.2, 0.25) is 0 Å². The van der Waals surface area contributed by atoms with Crippen LogP contribution >= 0.6 is 12.6 Å². The Bertz CT molecular complexity index is 124. The Kier molecular flexibility index (Phi) is 4.40. The van der Waals surface area contributed by atoms with E-state index in [1.807, 2.05) is 0 Å². The van der Waals surface area contributed by atoms with Gasteiger partial charge in [0.2, 0.25) is 0 Å². The van der Waals surface area contributed by atoms with E-state index >= 15 is 0 Å². The van der Waals surface area contributed by atoms with Gasteiger partial charge in [-0.2, -0.15) is 12.6 Å². The van der Waals surface area contributed by atoms with Gasteiger partial charge in [0, 0.05) is 25.7 Å². The van der Waals surface area contributed by atoms with Crippen LogP contribution in [-0.2, 0) is 9.47 Å². The van der Waals surface area contributed by atoms with E-state index in [-0.39, 0.29) is 0 Å². The Balaban J connectivity index is 1.89. The van der Waals surface area contributed by atoms with Crippen molar-refractivity contribution in [2.24, 2.45) is 5.41 Å². The third-order valence-electron chi connectivity index (χ3n) is 2.34. The van der Waals surface area contributed by atoms with Crippen LogP contribution in [-0.4, -0.2) is 32.7 Å². The van der Waals surface area contributed by atoms with E-state index < -0.39 is 0 Å². The fourth-order valence-corrected chi connectivity index (χ4v) is 1.53. The van der Waals surface area contributed by atoms with Crippen molar-refractivity contribution in [3.05, 3.63) is 0 Å². The molecule has 0 bridgehead atoms. The summed E-state index contributed by atoms with van der Waals surface area (Å²) in [5.74, 6) is 0.970. The molecular weight excluding hydrogens is 172 g/mol. The number of hydrogen-bond acceptors (Lipinski definition) is 3. The average Bonchev–Trinajstić information content (AvgIpc) is 2.85. The van der Waals surface area contributed by atoms with Gasteiger partial charge in [-0.15, -0.1) is 0 Å². The molecule has 1 rings (SSSR count). The first-order valence-corrected chi connectivity index (χ1v) is 5.14. The summed E-state index contributed by atoms with van der Waals surface area (Å²) in [5.41, 5.74) is 0.441.